The zero-order valence-electron chi connectivity index (χ0n) is 6.04. The zero-order valence-corrected chi connectivity index (χ0v) is 6.04. The van der Waals surface area contributed by atoms with Gasteiger partial charge in [-0.25, -0.2) is 4.79 Å². The lowest BCUT2D eigenvalue weighted by molar-refractivity contribution is -0.117. The average Bonchev–Trinajstić information content (AvgIpc) is 1.94. The summed E-state index contributed by atoms with van der Waals surface area (Å²) in [7, 11) is 0. The minimum Gasteiger partial charge on any atom is -0.465 e. The number of carboxylic acid groups (broad SMARTS) is 1. The molecule has 60 valence electrons. The predicted molar refractivity (Wildman–Crippen MR) is 38.4 cm³/mol. The van der Waals surface area contributed by atoms with E-state index in [4.69, 9.17) is 5.11 Å². The van der Waals surface area contributed by atoms with Crippen molar-refractivity contribution in [3.63, 3.8) is 0 Å². The summed E-state index contributed by atoms with van der Waals surface area (Å²) in [6, 6.07) is 0. The van der Waals surface area contributed by atoms with Gasteiger partial charge in [0.15, 0.2) is 5.78 Å². The Labute approximate surface area is 64.1 Å². The maximum atomic E-state index is 10.8. The molecule has 0 aromatic carbocycles. The molecule has 0 aromatic heterocycles. The van der Waals surface area contributed by atoms with E-state index in [1.807, 2.05) is 0 Å². The van der Waals surface area contributed by atoms with E-state index in [2.05, 4.69) is 6.58 Å². The van der Waals surface area contributed by atoms with E-state index in [0.29, 0.717) is 12.1 Å². The number of rotatable bonds is 0. The van der Waals surface area contributed by atoms with Gasteiger partial charge in [0.1, 0.15) is 0 Å². The first-order chi connectivity index (χ1) is 5.11. The van der Waals surface area contributed by atoms with Gasteiger partial charge in [-0.15, -0.1) is 0 Å². The van der Waals surface area contributed by atoms with Crippen molar-refractivity contribution in [1.29, 1.82) is 0 Å². The lowest BCUT2D eigenvalue weighted by Gasteiger charge is -2.24. The van der Waals surface area contributed by atoms with Gasteiger partial charge in [0, 0.05) is 18.5 Å². The lowest BCUT2D eigenvalue weighted by atomic mass is 10.1. The van der Waals surface area contributed by atoms with Crippen LogP contribution in [0.4, 0.5) is 4.79 Å². The normalized spacial score (nSPS) is 18.7. The van der Waals surface area contributed by atoms with Crippen LogP contribution >= 0.6 is 0 Å². The van der Waals surface area contributed by atoms with Crippen molar-refractivity contribution in [3.05, 3.63) is 12.2 Å². The highest BCUT2D eigenvalue weighted by atomic mass is 16.4. The van der Waals surface area contributed by atoms with Crippen LogP contribution in [-0.4, -0.2) is 35.0 Å². The molecule has 11 heavy (non-hydrogen) atoms. The van der Waals surface area contributed by atoms with Crippen molar-refractivity contribution in [2.24, 2.45) is 0 Å². The van der Waals surface area contributed by atoms with Crippen molar-refractivity contribution >= 4 is 11.9 Å². The minimum absolute atomic E-state index is 0.0255. The van der Waals surface area contributed by atoms with Gasteiger partial charge in [0.25, 0.3) is 0 Å². The SMILES string of the molecule is C=C1CN(C(=O)O)CCC1=O. The highest BCUT2D eigenvalue weighted by Gasteiger charge is 2.22. The summed E-state index contributed by atoms with van der Waals surface area (Å²) in [6.07, 6.45) is -0.718. The van der Waals surface area contributed by atoms with Crippen LogP contribution in [0, 0.1) is 0 Å². The van der Waals surface area contributed by atoms with Gasteiger partial charge in [-0.2, -0.15) is 0 Å². The average molecular weight is 155 g/mol. The van der Waals surface area contributed by atoms with Crippen LogP contribution in [0.15, 0.2) is 12.2 Å². The summed E-state index contributed by atoms with van der Waals surface area (Å²) in [5, 5.41) is 8.52. The first-order valence-electron chi connectivity index (χ1n) is 3.30. The van der Waals surface area contributed by atoms with E-state index in [1.165, 1.54) is 4.90 Å². The molecule has 0 bridgehead atoms. The van der Waals surface area contributed by atoms with Crippen LogP contribution in [-0.2, 0) is 4.79 Å². The summed E-state index contributed by atoms with van der Waals surface area (Å²) in [5.74, 6) is -0.0255. The molecule has 4 nitrogen and oxygen atoms in total. The highest BCUT2D eigenvalue weighted by molar-refractivity contribution is 5.96. The van der Waals surface area contributed by atoms with Crippen LogP contribution in [0.1, 0.15) is 6.42 Å². The third-order valence-electron chi connectivity index (χ3n) is 1.66. The van der Waals surface area contributed by atoms with E-state index in [0.717, 1.165) is 0 Å². The molecule has 1 aliphatic rings. The zero-order chi connectivity index (χ0) is 8.43. The first-order valence-corrected chi connectivity index (χ1v) is 3.30. The molecular weight excluding hydrogens is 146 g/mol. The van der Waals surface area contributed by atoms with Gasteiger partial charge >= 0.3 is 6.09 Å². The third-order valence-corrected chi connectivity index (χ3v) is 1.66. The quantitative estimate of drug-likeness (QED) is 0.518. The largest absolute Gasteiger partial charge is 0.465 e. The maximum absolute atomic E-state index is 10.8. The highest BCUT2D eigenvalue weighted by Crippen LogP contribution is 2.09. The molecule has 1 aliphatic heterocycles. The van der Waals surface area contributed by atoms with Gasteiger partial charge in [0.05, 0.1) is 6.54 Å². The topological polar surface area (TPSA) is 57.6 Å². The Morgan fingerprint density at radius 2 is 2.27 bits per heavy atom. The van der Waals surface area contributed by atoms with Crippen molar-refractivity contribution in [2.75, 3.05) is 13.1 Å². The second-order valence-corrected chi connectivity index (χ2v) is 2.48. The monoisotopic (exact) mass is 155 g/mol. The molecule has 1 fully saturated rings. The number of hydrogen-bond donors (Lipinski definition) is 1. The number of ketones is 1. The van der Waals surface area contributed by atoms with Crippen LogP contribution in [0.2, 0.25) is 0 Å². The Balaban J connectivity index is 2.60. The Morgan fingerprint density at radius 1 is 1.64 bits per heavy atom. The molecule has 0 radical (unpaired) electrons. The van der Waals surface area contributed by atoms with Crippen molar-refractivity contribution in [3.8, 4) is 0 Å². The summed E-state index contributed by atoms with van der Waals surface area (Å²) < 4.78 is 0. The van der Waals surface area contributed by atoms with Crippen molar-refractivity contribution < 1.29 is 14.7 Å². The van der Waals surface area contributed by atoms with Gasteiger partial charge in [-0.3, -0.25) is 4.79 Å². The molecule has 1 saturated heterocycles. The van der Waals surface area contributed by atoms with Crippen LogP contribution < -0.4 is 0 Å². The Kier molecular flexibility index (Phi) is 1.94. The fourth-order valence-electron chi connectivity index (χ4n) is 0.974. The Hall–Kier alpha value is -1.32. The Morgan fingerprint density at radius 3 is 2.73 bits per heavy atom. The van der Waals surface area contributed by atoms with Crippen molar-refractivity contribution in [2.45, 2.75) is 6.42 Å². The molecule has 0 saturated carbocycles. The number of carbonyl (C=O) groups is 2. The standard InChI is InChI=1S/C7H9NO3/c1-5-4-8(7(10)11)3-2-6(5)9/h1-4H2,(H,10,11). The van der Waals surface area contributed by atoms with E-state index in [-0.39, 0.29) is 18.7 Å². The second kappa shape index (κ2) is 2.74. The molecule has 1 N–H and O–H groups in total. The predicted octanol–water partition coefficient (Wildman–Crippen LogP) is 0.495. The number of amides is 1. The number of nitrogens with zero attached hydrogens (tertiary/aromatic N) is 1. The molecule has 1 amide bonds. The lowest BCUT2D eigenvalue weighted by Crippen LogP contribution is -2.38. The van der Waals surface area contributed by atoms with Crippen LogP contribution in [0.3, 0.4) is 0 Å². The second-order valence-electron chi connectivity index (χ2n) is 2.48. The van der Waals surface area contributed by atoms with Crippen LogP contribution in [0.5, 0.6) is 0 Å². The summed E-state index contributed by atoms with van der Waals surface area (Å²) in [4.78, 5) is 22.4. The van der Waals surface area contributed by atoms with Crippen molar-refractivity contribution in [1.82, 2.24) is 4.90 Å². The summed E-state index contributed by atoms with van der Waals surface area (Å²) >= 11 is 0. The number of piperidine rings is 1. The fraction of sp³-hybridized carbons (Fsp3) is 0.429. The number of Topliss-reactive ketones (excluding diaryl/α,β-unsaturated/α-hetero) is 1. The first kappa shape index (κ1) is 7.78. The molecular formula is C7H9NO3. The number of carbonyl (C=O) groups excluding carboxylic acids is 1. The molecule has 4 heteroatoms. The van der Waals surface area contributed by atoms with Gasteiger partial charge in [-0.05, 0) is 0 Å². The maximum Gasteiger partial charge on any atom is 0.407 e. The van der Waals surface area contributed by atoms with Gasteiger partial charge in [0.2, 0.25) is 0 Å². The minimum atomic E-state index is -0.987. The van der Waals surface area contributed by atoms with Gasteiger partial charge < -0.3 is 10.0 Å². The molecule has 0 aliphatic carbocycles. The summed E-state index contributed by atoms with van der Waals surface area (Å²) in [5.41, 5.74) is 0.388. The van der Waals surface area contributed by atoms with E-state index < -0.39 is 6.09 Å². The number of likely N-dealkylation sites (tertiary alicyclic amines) is 1. The molecule has 1 rings (SSSR count). The molecule has 1 heterocycles. The van der Waals surface area contributed by atoms with E-state index in [1.54, 1.807) is 0 Å². The van der Waals surface area contributed by atoms with Gasteiger partial charge in [-0.1, -0.05) is 6.58 Å². The molecule has 0 spiro atoms. The third kappa shape index (κ3) is 1.58. The number of hydrogen-bond acceptors (Lipinski definition) is 2. The fourth-order valence-corrected chi connectivity index (χ4v) is 0.974. The van der Waals surface area contributed by atoms with E-state index in [9.17, 15) is 9.59 Å². The smallest absolute Gasteiger partial charge is 0.407 e. The molecule has 0 atom stereocenters. The Bertz CT molecular complexity index is 222. The van der Waals surface area contributed by atoms with E-state index >= 15 is 0 Å². The molecule has 0 unspecified atom stereocenters. The van der Waals surface area contributed by atoms with Crippen LogP contribution in [0.25, 0.3) is 0 Å². The summed E-state index contributed by atoms with van der Waals surface area (Å²) in [6.45, 7) is 3.93. The molecule has 0 aromatic rings.